The molecule has 0 heterocycles. The Morgan fingerprint density at radius 1 is 1.12 bits per heavy atom. The molecule has 0 unspecified atom stereocenters. The van der Waals surface area contributed by atoms with Gasteiger partial charge in [-0.25, -0.2) is 14.5 Å². The van der Waals surface area contributed by atoms with Crippen molar-refractivity contribution in [3.8, 4) is 0 Å². The number of hydrogen-bond donors (Lipinski definition) is 4. The Balaban J connectivity index is 4.25. The largest absolute Gasteiger partial charge is 0.341 e. The zero-order valence-electron chi connectivity index (χ0n) is 8.65. The lowest BCUT2D eigenvalue weighted by atomic mass is 10.7. The van der Waals surface area contributed by atoms with E-state index in [0.29, 0.717) is 12.8 Å². The first-order valence-electron chi connectivity index (χ1n) is 4.28. The Morgan fingerprint density at radius 2 is 1.75 bits per heavy atom. The lowest BCUT2D eigenvalue weighted by Gasteiger charge is -2.19. The molecule has 0 aliphatic heterocycles. The summed E-state index contributed by atoms with van der Waals surface area (Å²) in [5.74, 6) is 0. The highest BCUT2D eigenvalue weighted by molar-refractivity contribution is 5.93. The molecule has 16 heavy (non-hydrogen) atoms. The van der Waals surface area contributed by atoms with Crippen molar-refractivity contribution in [3.05, 3.63) is 0 Å². The van der Waals surface area contributed by atoms with Gasteiger partial charge in [-0.3, -0.25) is 9.59 Å². The van der Waals surface area contributed by atoms with E-state index in [1.165, 1.54) is 7.05 Å². The summed E-state index contributed by atoms with van der Waals surface area (Å²) in [6, 6.07) is -1.43. The molecule has 9 heteroatoms. The smallest absolute Gasteiger partial charge is 0.328 e. The molecule has 0 atom stereocenters. The highest BCUT2D eigenvalue weighted by Crippen LogP contribution is 1.87. The predicted molar refractivity (Wildman–Crippen MR) is 53.0 cm³/mol. The summed E-state index contributed by atoms with van der Waals surface area (Å²) in [7, 11) is 1.34. The molecule has 0 aliphatic carbocycles. The minimum atomic E-state index is -0.747. The Bertz CT molecular complexity index is 270. The molecule has 0 saturated carbocycles. The maximum atomic E-state index is 11.4. The van der Waals surface area contributed by atoms with Gasteiger partial charge >= 0.3 is 12.1 Å². The van der Waals surface area contributed by atoms with Crippen molar-refractivity contribution in [2.24, 2.45) is 0 Å². The summed E-state index contributed by atoms with van der Waals surface area (Å²) in [5, 5.41) is 8.82. The van der Waals surface area contributed by atoms with Gasteiger partial charge in [-0.05, 0) is 0 Å². The number of carbonyl (C=O) groups is 4. The van der Waals surface area contributed by atoms with Gasteiger partial charge in [0, 0.05) is 7.05 Å². The minimum Gasteiger partial charge on any atom is -0.341 e. The summed E-state index contributed by atoms with van der Waals surface area (Å²) >= 11 is 0. The van der Waals surface area contributed by atoms with Gasteiger partial charge in [0.1, 0.15) is 6.67 Å². The molecule has 0 fully saturated rings. The molecule has 0 aliphatic rings. The summed E-state index contributed by atoms with van der Waals surface area (Å²) in [4.78, 5) is 43.2. The number of rotatable bonds is 6. The molecule has 4 N–H and O–H groups in total. The van der Waals surface area contributed by atoms with E-state index in [-0.39, 0.29) is 13.3 Å². The van der Waals surface area contributed by atoms with Gasteiger partial charge < -0.3 is 21.3 Å². The van der Waals surface area contributed by atoms with Crippen molar-refractivity contribution in [2.75, 3.05) is 20.4 Å². The summed E-state index contributed by atoms with van der Waals surface area (Å²) in [5.41, 5.74) is 0. The second-order valence-electron chi connectivity index (χ2n) is 2.44. The fourth-order valence-corrected chi connectivity index (χ4v) is 0.763. The number of amides is 6. The van der Waals surface area contributed by atoms with E-state index in [4.69, 9.17) is 0 Å². The molecule has 0 spiro atoms. The van der Waals surface area contributed by atoms with E-state index in [1.807, 2.05) is 0 Å². The van der Waals surface area contributed by atoms with E-state index in [2.05, 4.69) is 21.3 Å². The van der Waals surface area contributed by atoms with Crippen LogP contribution in [-0.2, 0) is 9.59 Å². The van der Waals surface area contributed by atoms with Gasteiger partial charge in [0.25, 0.3) is 0 Å². The van der Waals surface area contributed by atoms with Crippen molar-refractivity contribution in [1.29, 1.82) is 0 Å². The van der Waals surface area contributed by atoms with Gasteiger partial charge in [-0.1, -0.05) is 0 Å². The average molecular weight is 231 g/mol. The first kappa shape index (κ1) is 13.7. The monoisotopic (exact) mass is 231 g/mol. The molecule has 6 amide bonds. The van der Waals surface area contributed by atoms with Crippen molar-refractivity contribution in [1.82, 2.24) is 26.2 Å². The zero-order valence-corrected chi connectivity index (χ0v) is 8.65. The standard InChI is InChI=1S/C7H13N5O4/c1-8-6(15)12(3-10-5-14)7(16)11-2-9-4-13/h4-5H,2-3H2,1H3,(H,8,15)(H,9,13)(H,10,14)(H,11,16). The highest BCUT2D eigenvalue weighted by Gasteiger charge is 2.18. The molecule has 0 radical (unpaired) electrons. The number of carbonyl (C=O) groups excluding carboxylic acids is 4. The average Bonchev–Trinajstić information content (AvgIpc) is 2.29. The molecule has 90 valence electrons. The number of urea groups is 2. The van der Waals surface area contributed by atoms with Crippen LogP contribution in [0.15, 0.2) is 0 Å². The van der Waals surface area contributed by atoms with E-state index >= 15 is 0 Å². The normalized spacial score (nSPS) is 8.56. The molecule has 0 aromatic carbocycles. The molecule has 0 bridgehead atoms. The second-order valence-corrected chi connectivity index (χ2v) is 2.44. The van der Waals surface area contributed by atoms with Crippen molar-refractivity contribution in [2.45, 2.75) is 0 Å². The lowest BCUT2D eigenvalue weighted by molar-refractivity contribution is -0.110. The van der Waals surface area contributed by atoms with Crippen LogP contribution in [-0.4, -0.2) is 50.2 Å². The molecule has 0 rings (SSSR count). The van der Waals surface area contributed by atoms with Crippen LogP contribution in [0.3, 0.4) is 0 Å². The van der Waals surface area contributed by atoms with Crippen molar-refractivity contribution >= 4 is 24.9 Å². The number of imide groups is 1. The SMILES string of the molecule is CNC(=O)N(CNC=O)C(=O)NCNC=O. The van der Waals surface area contributed by atoms with Crippen molar-refractivity contribution in [3.63, 3.8) is 0 Å². The van der Waals surface area contributed by atoms with Gasteiger partial charge in [-0.2, -0.15) is 0 Å². The van der Waals surface area contributed by atoms with Crippen LogP contribution in [0.4, 0.5) is 9.59 Å². The van der Waals surface area contributed by atoms with Crippen LogP contribution >= 0.6 is 0 Å². The van der Waals surface area contributed by atoms with Crippen molar-refractivity contribution < 1.29 is 19.2 Å². The van der Waals surface area contributed by atoms with E-state index in [9.17, 15) is 19.2 Å². The summed E-state index contributed by atoms with van der Waals surface area (Å²) in [6.45, 7) is -0.382. The quantitative estimate of drug-likeness (QED) is 0.234. The highest BCUT2D eigenvalue weighted by atomic mass is 16.2. The molecule has 0 aromatic rings. The molecular weight excluding hydrogens is 218 g/mol. The Labute approximate surface area is 91.5 Å². The Kier molecular flexibility index (Phi) is 6.86. The molecule has 0 saturated heterocycles. The van der Waals surface area contributed by atoms with Crippen LogP contribution in [0.25, 0.3) is 0 Å². The maximum absolute atomic E-state index is 11.4. The van der Waals surface area contributed by atoms with Crippen LogP contribution < -0.4 is 21.3 Å². The second kappa shape index (κ2) is 8.03. The minimum absolute atomic E-state index is 0.114. The van der Waals surface area contributed by atoms with Gasteiger partial charge in [-0.15, -0.1) is 0 Å². The topological polar surface area (TPSA) is 120 Å². The van der Waals surface area contributed by atoms with Crippen LogP contribution in [0.1, 0.15) is 0 Å². The summed E-state index contributed by atoms with van der Waals surface area (Å²) in [6.07, 6.45) is 0.751. The Morgan fingerprint density at radius 3 is 2.25 bits per heavy atom. The first-order chi connectivity index (χ1) is 7.67. The van der Waals surface area contributed by atoms with Gasteiger partial charge in [0.05, 0.1) is 6.67 Å². The van der Waals surface area contributed by atoms with E-state index in [1.54, 1.807) is 0 Å². The maximum Gasteiger partial charge on any atom is 0.328 e. The molecular formula is C7H13N5O4. The van der Waals surface area contributed by atoms with Crippen LogP contribution in [0, 0.1) is 0 Å². The third kappa shape index (κ3) is 4.79. The zero-order chi connectivity index (χ0) is 12.4. The first-order valence-corrected chi connectivity index (χ1v) is 4.28. The van der Waals surface area contributed by atoms with E-state index in [0.717, 1.165) is 4.90 Å². The third-order valence-corrected chi connectivity index (χ3v) is 1.46. The summed E-state index contributed by atoms with van der Waals surface area (Å²) < 4.78 is 0. The van der Waals surface area contributed by atoms with Gasteiger partial charge in [0.2, 0.25) is 12.8 Å². The number of nitrogens with one attached hydrogen (secondary N) is 4. The third-order valence-electron chi connectivity index (χ3n) is 1.46. The van der Waals surface area contributed by atoms with Crippen LogP contribution in [0.2, 0.25) is 0 Å². The number of nitrogens with zero attached hydrogens (tertiary/aromatic N) is 1. The van der Waals surface area contributed by atoms with Gasteiger partial charge in [0.15, 0.2) is 0 Å². The molecule has 0 aromatic heterocycles. The predicted octanol–water partition coefficient (Wildman–Crippen LogP) is -2.26. The fourth-order valence-electron chi connectivity index (χ4n) is 0.763. The fraction of sp³-hybridized carbons (Fsp3) is 0.429. The van der Waals surface area contributed by atoms with Crippen LogP contribution in [0.5, 0.6) is 0 Å². The lowest BCUT2D eigenvalue weighted by Crippen LogP contribution is -2.52. The Hall–Kier alpha value is -2.32. The van der Waals surface area contributed by atoms with E-state index < -0.39 is 12.1 Å². The molecule has 9 nitrogen and oxygen atoms in total. The number of hydrogen-bond acceptors (Lipinski definition) is 4.